The first kappa shape index (κ1) is 16.1. The van der Waals surface area contributed by atoms with E-state index >= 15 is 0 Å². The molecule has 1 aromatic carbocycles. The fourth-order valence-corrected chi connectivity index (χ4v) is 2.89. The highest BCUT2D eigenvalue weighted by molar-refractivity contribution is 5.85. The van der Waals surface area contributed by atoms with Gasteiger partial charge in [-0.3, -0.25) is 4.79 Å². The Hall–Kier alpha value is -2.77. The van der Waals surface area contributed by atoms with Crippen molar-refractivity contribution in [1.82, 2.24) is 15.6 Å². The van der Waals surface area contributed by atoms with Crippen LogP contribution in [0, 0.1) is 0 Å². The molecule has 8 heteroatoms. The van der Waals surface area contributed by atoms with E-state index in [1.807, 2.05) is 29.2 Å². The van der Waals surface area contributed by atoms with E-state index in [1.54, 1.807) is 0 Å². The van der Waals surface area contributed by atoms with Gasteiger partial charge in [0.25, 0.3) is 6.01 Å². The lowest BCUT2D eigenvalue weighted by molar-refractivity contribution is -0.122. The first-order valence-electron chi connectivity index (χ1n) is 8.02. The monoisotopic (exact) mass is 332 g/mol. The minimum atomic E-state index is -1.10. The second-order valence-corrected chi connectivity index (χ2v) is 5.69. The van der Waals surface area contributed by atoms with Crippen LogP contribution in [-0.2, 0) is 4.79 Å². The van der Waals surface area contributed by atoms with Crippen molar-refractivity contribution in [3.63, 3.8) is 0 Å². The molecular formula is C16H20N4O4. The number of nitrogens with one attached hydrogen (secondary N) is 2. The van der Waals surface area contributed by atoms with Crippen LogP contribution in [0.1, 0.15) is 19.3 Å². The largest absolute Gasteiger partial charge is 0.465 e. The first-order valence-corrected chi connectivity index (χ1v) is 8.02. The van der Waals surface area contributed by atoms with Crippen LogP contribution in [0.5, 0.6) is 0 Å². The molecule has 2 amide bonds. The number of benzene rings is 1. The number of carbonyl (C=O) groups is 2. The Morgan fingerprint density at radius 2 is 2.04 bits per heavy atom. The van der Waals surface area contributed by atoms with E-state index in [0.29, 0.717) is 18.1 Å². The van der Waals surface area contributed by atoms with Crippen LogP contribution in [0.2, 0.25) is 0 Å². The highest BCUT2D eigenvalue weighted by Gasteiger charge is 2.31. The second-order valence-electron chi connectivity index (χ2n) is 5.69. The lowest BCUT2D eigenvalue weighted by Crippen LogP contribution is -2.50. The molecule has 128 valence electrons. The lowest BCUT2D eigenvalue weighted by atomic mass is 10.0. The molecule has 2 aromatic rings. The first-order chi connectivity index (χ1) is 11.6. The molecule has 0 bridgehead atoms. The Balaban J connectivity index is 1.68. The Kier molecular flexibility index (Phi) is 4.83. The maximum atomic E-state index is 12.4. The van der Waals surface area contributed by atoms with Gasteiger partial charge in [-0.05, 0) is 31.4 Å². The highest BCUT2D eigenvalue weighted by atomic mass is 16.4. The number of carboxylic acid groups (broad SMARTS) is 1. The smallest absolute Gasteiger partial charge is 0.404 e. The molecule has 0 radical (unpaired) electrons. The van der Waals surface area contributed by atoms with E-state index in [-0.39, 0.29) is 25.0 Å². The highest BCUT2D eigenvalue weighted by Crippen LogP contribution is 2.27. The molecule has 1 saturated heterocycles. The summed E-state index contributed by atoms with van der Waals surface area (Å²) in [6, 6.07) is 7.61. The van der Waals surface area contributed by atoms with E-state index in [2.05, 4.69) is 15.6 Å². The van der Waals surface area contributed by atoms with Crippen molar-refractivity contribution in [2.45, 2.75) is 25.3 Å². The van der Waals surface area contributed by atoms with Crippen LogP contribution in [0.4, 0.5) is 10.8 Å². The summed E-state index contributed by atoms with van der Waals surface area (Å²) in [6.45, 7) is 1.14. The van der Waals surface area contributed by atoms with Crippen LogP contribution in [0.3, 0.4) is 0 Å². The number of amides is 2. The van der Waals surface area contributed by atoms with E-state index in [0.717, 1.165) is 24.8 Å². The van der Waals surface area contributed by atoms with Gasteiger partial charge in [-0.1, -0.05) is 12.1 Å². The average Bonchev–Trinajstić information content (AvgIpc) is 3.02. The minimum Gasteiger partial charge on any atom is -0.465 e. The van der Waals surface area contributed by atoms with Gasteiger partial charge in [-0.25, -0.2) is 4.79 Å². The number of piperidine rings is 1. The third-order valence-corrected chi connectivity index (χ3v) is 4.03. The number of oxazole rings is 1. The quantitative estimate of drug-likeness (QED) is 0.717. The van der Waals surface area contributed by atoms with E-state index in [9.17, 15) is 9.59 Å². The van der Waals surface area contributed by atoms with Crippen molar-refractivity contribution in [2.75, 3.05) is 24.5 Å². The van der Waals surface area contributed by atoms with Crippen LogP contribution < -0.4 is 15.5 Å². The van der Waals surface area contributed by atoms with Gasteiger partial charge in [-0.15, -0.1) is 0 Å². The average molecular weight is 332 g/mol. The maximum absolute atomic E-state index is 12.4. The molecule has 8 nitrogen and oxygen atoms in total. The van der Waals surface area contributed by atoms with E-state index in [4.69, 9.17) is 9.52 Å². The molecular weight excluding hydrogens is 312 g/mol. The Labute approximate surface area is 138 Å². The van der Waals surface area contributed by atoms with Crippen molar-refractivity contribution in [3.8, 4) is 0 Å². The number of hydrogen-bond acceptors (Lipinski definition) is 5. The molecule has 0 aliphatic carbocycles. The van der Waals surface area contributed by atoms with Gasteiger partial charge in [0, 0.05) is 19.6 Å². The zero-order chi connectivity index (χ0) is 16.9. The predicted molar refractivity (Wildman–Crippen MR) is 88.0 cm³/mol. The second kappa shape index (κ2) is 7.20. The topological polar surface area (TPSA) is 108 Å². The Morgan fingerprint density at radius 1 is 1.25 bits per heavy atom. The third-order valence-electron chi connectivity index (χ3n) is 4.03. The molecule has 0 unspecified atom stereocenters. The molecule has 1 fully saturated rings. The number of fused-ring (bicyclic) bond motifs is 1. The fourth-order valence-electron chi connectivity index (χ4n) is 2.89. The van der Waals surface area contributed by atoms with Gasteiger partial charge in [0.15, 0.2) is 5.58 Å². The number of hydrogen-bond donors (Lipinski definition) is 3. The van der Waals surface area contributed by atoms with Crippen molar-refractivity contribution in [2.24, 2.45) is 0 Å². The third kappa shape index (κ3) is 3.58. The summed E-state index contributed by atoms with van der Waals surface area (Å²) >= 11 is 0. The predicted octanol–water partition coefficient (Wildman–Crippen LogP) is 1.57. The molecule has 24 heavy (non-hydrogen) atoms. The summed E-state index contributed by atoms with van der Waals surface area (Å²) in [6.07, 6.45) is 1.55. The van der Waals surface area contributed by atoms with Crippen LogP contribution in [-0.4, -0.2) is 47.8 Å². The van der Waals surface area contributed by atoms with E-state index in [1.165, 1.54) is 0 Å². The van der Waals surface area contributed by atoms with Gasteiger partial charge in [-0.2, -0.15) is 4.98 Å². The number of para-hydroxylation sites is 2. The molecule has 1 aliphatic heterocycles. The molecule has 1 aromatic heterocycles. The summed E-state index contributed by atoms with van der Waals surface area (Å²) in [5.74, 6) is -0.135. The summed E-state index contributed by atoms with van der Waals surface area (Å²) in [5, 5.41) is 13.5. The lowest BCUT2D eigenvalue weighted by Gasteiger charge is -2.33. The molecule has 3 N–H and O–H groups in total. The Morgan fingerprint density at radius 3 is 2.83 bits per heavy atom. The van der Waals surface area contributed by atoms with Crippen molar-refractivity contribution >= 4 is 29.1 Å². The van der Waals surface area contributed by atoms with Gasteiger partial charge in [0.2, 0.25) is 5.91 Å². The van der Waals surface area contributed by atoms with Gasteiger partial charge >= 0.3 is 6.09 Å². The molecule has 0 spiro atoms. The number of aromatic nitrogens is 1. The number of anilines is 1. The van der Waals surface area contributed by atoms with Crippen LogP contribution >= 0.6 is 0 Å². The number of nitrogens with zero attached hydrogens (tertiary/aromatic N) is 2. The standard InChI is InChI=1S/C16H20N4O4/c21-14(17-8-9-18-16(22)23)12-6-3-4-10-20(12)15-19-11-5-1-2-7-13(11)24-15/h1-2,5,7,12,18H,3-4,6,8-10H2,(H,17,21)(H,22,23)/t12-/m0/s1. The number of rotatable bonds is 5. The number of carbonyl (C=O) groups excluding carboxylic acids is 1. The molecule has 3 rings (SSSR count). The van der Waals surface area contributed by atoms with Crippen LogP contribution in [0.15, 0.2) is 28.7 Å². The minimum absolute atomic E-state index is 0.135. The van der Waals surface area contributed by atoms with Crippen molar-refractivity contribution in [3.05, 3.63) is 24.3 Å². The summed E-state index contributed by atoms with van der Waals surface area (Å²) in [5.41, 5.74) is 1.46. The van der Waals surface area contributed by atoms with Gasteiger partial charge in [0.1, 0.15) is 11.6 Å². The van der Waals surface area contributed by atoms with Crippen molar-refractivity contribution in [1.29, 1.82) is 0 Å². The normalized spacial score (nSPS) is 17.7. The summed E-state index contributed by atoms with van der Waals surface area (Å²) < 4.78 is 5.79. The van der Waals surface area contributed by atoms with Gasteiger partial charge < -0.3 is 25.1 Å². The van der Waals surface area contributed by atoms with Gasteiger partial charge in [0.05, 0.1) is 0 Å². The zero-order valence-electron chi connectivity index (χ0n) is 13.2. The SMILES string of the molecule is O=C(O)NCCNC(=O)[C@@H]1CCCCN1c1nc2ccccc2o1. The fraction of sp³-hybridized carbons (Fsp3) is 0.438. The van der Waals surface area contributed by atoms with Crippen LogP contribution in [0.25, 0.3) is 11.1 Å². The zero-order valence-corrected chi connectivity index (χ0v) is 13.2. The summed E-state index contributed by atoms with van der Waals surface area (Å²) in [7, 11) is 0. The maximum Gasteiger partial charge on any atom is 0.404 e. The Bertz CT molecular complexity index is 697. The summed E-state index contributed by atoms with van der Waals surface area (Å²) in [4.78, 5) is 29.2. The molecule has 1 aliphatic rings. The molecule has 1 atom stereocenters. The molecule has 2 heterocycles. The van der Waals surface area contributed by atoms with E-state index < -0.39 is 6.09 Å². The van der Waals surface area contributed by atoms with Crippen molar-refractivity contribution < 1.29 is 19.1 Å². The molecule has 0 saturated carbocycles.